The van der Waals surface area contributed by atoms with E-state index in [1.54, 1.807) is 23.5 Å². The van der Waals surface area contributed by atoms with Crippen LogP contribution in [0.25, 0.3) is 11.3 Å². The van der Waals surface area contributed by atoms with E-state index in [-0.39, 0.29) is 5.25 Å². The lowest BCUT2D eigenvalue weighted by Gasteiger charge is -2.31. The van der Waals surface area contributed by atoms with Gasteiger partial charge in [-0.05, 0) is 61.6 Å². The molecule has 1 aliphatic rings. The Morgan fingerprint density at radius 1 is 1.07 bits per heavy atom. The molecule has 30 heavy (non-hydrogen) atoms. The van der Waals surface area contributed by atoms with Crippen molar-refractivity contribution < 1.29 is 8.42 Å². The van der Waals surface area contributed by atoms with Gasteiger partial charge in [-0.25, -0.2) is 13.4 Å². The van der Waals surface area contributed by atoms with Crippen LogP contribution in [0.5, 0.6) is 0 Å². The molecule has 4 nitrogen and oxygen atoms in total. The van der Waals surface area contributed by atoms with Gasteiger partial charge >= 0.3 is 0 Å². The van der Waals surface area contributed by atoms with Gasteiger partial charge in [-0.3, -0.25) is 0 Å². The molecule has 0 N–H and O–H groups in total. The molecule has 0 aliphatic carbocycles. The van der Waals surface area contributed by atoms with Gasteiger partial charge in [0.05, 0.1) is 15.8 Å². The number of alkyl halides is 1. The number of hydrogen-bond donors (Lipinski definition) is 0. The Morgan fingerprint density at radius 3 is 2.40 bits per heavy atom. The van der Waals surface area contributed by atoms with E-state index >= 15 is 0 Å². The maximum atomic E-state index is 13.0. The number of benzene rings is 2. The lowest BCUT2D eigenvalue weighted by Crippen LogP contribution is -2.39. The molecule has 1 aromatic heterocycles. The summed E-state index contributed by atoms with van der Waals surface area (Å²) in [6.07, 6.45) is 1.25. The van der Waals surface area contributed by atoms with E-state index in [4.69, 9.17) is 4.98 Å². The smallest absolute Gasteiger partial charge is 0.185 e. The van der Waals surface area contributed by atoms with E-state index in [0.717, 1.165) is 27.3 Å². The second-order valence-electron chi connectivity index (χ2n) is 7.82. The summed E-state index contributed by atoms with van der Waals surface area (Å²) in [5.74, 6) is 0. The second-order valence-corrected chi connectivity index (χ2v) is 11.4. The van der Waals surface area contributed by atoms with Crippen molar-refractivity contribution >= 4 is 42.2 Å². The van der Waals surface area contributed by atoms with Gasteiger partial charge in [-0.2, -0.15) is 0 Å². The molecule has 2 heterocycles. The van der Waals surface area contributed by atoms with Crippen molar-refractivity contribution in [2.24, 2.45) is 0 Å². The third-order valence-electron chi connectivity index (χ3n) is 5.85. The quantitative estimate of drug-likeness (QED) is 0.414. The molecular formula is C23H25BrN2O2S2. The fourth-order valence-corrected chi connectivity index (χ4v) is 6.76. The van der Waals surface area contributed by atoms with Crippen molar-refractivity contribution in [3.05, 3.63) is 64.5 Å². The van der Waals surface area contributed by atoms with Gasteiger partial charge in [0.15, 0.2) is 15.0 Å². The average molecular weight is 506 g/mol. The summed E-state index contributed by atoms with van der Waals surface area (Å²) < 4.78 is 26.1. The highest BCUT2D eigenvalue weighted by atomic mass is 79.9. The van der Waals surface area contributed by atoms with Gasteiger partial charge in [0.1, 0.15) is 0 Å². The second kappa shape index (κ2) is 8.81. The molecule has 0 bridgehead atoms. The molecule has 0 unspecified atom stereocenters. The Hall–Kier alpha value is -1.70. The molecule has 0 amide bonds. The first-order valence-corrected chi connectivity index (χ1v) is 13.6. The van der Waals surface area contributed by atoms with E-state index in [1.807, 2.05) is 12.1 Å². The monoisotopic (exact) mass is 504 g/mol. The maximum Gasteiger partial charge on any atom is 0.185 e. The van der Waals surface area contributed by atoms with Crippen LogP contribution in [0.1, 0.15) is 29.5 Å². The lowest BCUT2D eigenvalue weighted by atomic mass is 10.1. The zero-order chi connectivity index (χ0) is 21.3. The molecule has 0 radical (unpaired) electrons. The van der Waals surface area contributed by atoms with Crippen molar-refractivity contribution in [2.75, 3.05) is 18.0 Å². The summed E-state index contributed by atoms with van der Waals surface area (Å²) >= 11 is 5.03. The summed E-state index contributed by atoms with van der Waals surface area (Å²) in [7, 11) is -3.30. The zero-order valence-electron chi connectivity index (χ0n) is 17.1. The third-order valence-corrected chi connectivity index (χ3v) is 9.68. The number of nitrogens with zero attached hydrogens (tertiary/aromatic N) is 2. The molecule has 1 saturated heterocycles. The summed E-state index contributed by atoms with van der Waals surface area (Å²) in [6.45, 7) is 5.65. The number of thiazole rings is 1. The highest BCUT2D eigenvalue weighted by Crippen LogP contribution is 2.32. The first-order valence-electron chi connectivity index (χ1n) is 10.1. The van der Waals surface area contributed by atoms with E-state index in [9.17, 15) is 8.42 Å². The molecule has 2 aromatic carbocycles. The van der Waals surface area contributed by atoms with Crippen molar-refractivity contribution in [2.45, 2.75) is 42.2 Å². The topological polar surface area (TPSA) is 50.3 Å². The van der Waals surface area contributed by atoms with Crippen LogP contribution >= 0.6 is 27.3 Å². The highest BCUT2D eigenvalue weighted by molar-refractivity contribution is 9.08. The van der Waals surface area contributed by atoms with Crippen molar-refractivity contribution in [3.8, 4) is 11.3 Å². The fourth-order valence-electron chi connectivity index (χ4n) is 3.76. The van der Waals surface area contributed by atoms with Crippen molar-refractivity contribution in [1.29, 1.82) is 0 Å². The largest absolute Gasteiger partial charge is 0.348 e. The molecule has 7 heteroatoms. The number of sulfone groups is 1. The van der Waals surface area contributed by atoms with Gasteiger partial charge in [0.2, 0.25) is 0 Å². The number of piperidine rings is 1. The Balaban J connectivity index is 1.44. The standard InChI is InChI=1S/C23H25BrN2O2S2/c1-16-3-6-19(13-17(16)2)22-15-29-23(25-22)26-11-9-21(10-12-26)30(27,28)20-7-4-18(14-24)5-8-20/h3-8,13,15,21H,9-12,14H2,1-2H3. The van der Waals surface area contributed by atoms with Gasteiger partial charge < -0.3 is 4.90 Å². The summed E-state index contributed by atoms with van der Waals surface area (Å²) in [4.78, 5) is 7.48. The molecule has 3 aromatic rings. The van der Waals surface area contributed by atoms with Crippen molar-refractivity contribution in [1.82, 2.24) is 4.98 Å². The minimum atomic E-state index is -3.30. The van der Waals surface area contributed by atoms with Gasteiger partial charge in [0.25, 0.3) is 0 Å². The third kappa shape index (κ3) is 4.34. The van der Waals surface area contributed by atoms with Crippen LogP contribution in [-0.2, 0) is 15.2 Å². The molecule has 158 valence electrons. The average Bonchev–Trinajstić information content (AvgIpc) is 3.26. The number of anilines is 1. The van der Waals surface area contributed by atoms with Gasteiger partial charge in [-0.15, -0.1) is 11.3 Å². The number of halogens is 1. The molecule has 1 aliphatic heterocycles. The van der Waals surface area contributed by atoms with Crippen LogP contribution in [0.15, 0.2) is 52.7 Å². The number of rotatable bonds is 5. The normalized spacial score (nSPS) is 15.5. The summed E-state index contributed by atoms with van der Waals surface area (Å²) in [6, 6.07) is 13.6. The Morgan fingerprint density at radius 2 is 1.77 bits per heavy atom. The fraction of sp³-hybridized carbons (Fsp3) is 0.348. The van der Waals surface area contributed by atoms with Crippen LogP contribution in [0.2, 0.25) is 0 Å². The SMILES string of the molecule is Cc1ccc(-c2csc(N3CCC(S(=O)(=O)c4ccc(CBr)cc4)CC3)n2)cc1C. The van der Waals surface area contributed by atoms with Crippen LogP contribution in [0, 0.1) is 13.8 Å². The molecule has 0 saturated carbocycles. The van der Waals surface area contributed by atoms with Crippen LogP contribution in [0.4, 0.5) is 5.13 Å². The van der Waals surface area contributed by atoms with E-state index < -0.39 is 9.84 Å². The number of hydrogen-bond acceptors (Lipinski definition) is 5. The first kappa shape index (κ1) is 21.5. The van der Waals surface area contributed by atoms with Gasteiger partial charge in [-0.1, -0.05) is 40.2 Å². The number of aromatic nitrogens is 1. The lowest BCUT2D eigenvalue weighted by molar-refractivity contribution is 0.529. The highest BCUT2D eigenvalue weighted by Gasteiger charge is 2.32. The maximum absolute atomic E-state index is 13.0. The van der Waals surface area contributed by atoms with Gasteiger partial charge in [0, 0.05) is 29.4 Å². The molecular weight excluding hydrogens is 480 g/mol. The van der Waals surface area contributed by atoms with E-state index in [1.165, 1.54) is 11.1 Å². The molecule has 4 rings (SSSR count). The van der Waals surface area contributed by atoms with Crippen molar-refractivity contribution in [3.63, 3.8) is 0 Å². The zero-order valence-corrected chi connectivity index (χ0v) is 20.4. The van der Waals surface area contributed by atoms with Crippen LogP contribution in [0.3, 0.4) is 0 Å². The van der Waals surface area contributed by atoms with Crippen LogP contribution in [-0.4, -0.2) is 31.7 Å². The number of aryl methyl sites for hydroxylation is 2. The first-order chi connectivity index (χ1) is 14.4. The molecule has 0 spiro atoms. The van der Waals surface area contributed by atoms with E-state index in [2.05, 4.69) is 58.3 Å². The summed E-state index contributed by atoms with van der Waals surface area (Å²) in [5.41, 5.74) is 5.73. The predicted molar refractivity (Wildman–Crippen MR) is 129 cm³/mol. The van der Waals surface area contributed by atoms with Crippen LogP contribution < -0.4 is 4.90 Å². The Kier molecular flexibility index (Phi) is 6.32. The minimum Gasteiger partial charge on any atom is -0.348 e. The minimum absolute atomic E-state index is 0.331. The summed E-state index contributed by atoms with van der Waals surface area (Å²) in [5, 5.41) is 3.46. The predicted octanol–water partition coefficient (Wildman–Crippen LogP) is 5.76. The molecule has 1 fully saturated rings. The molecule has 0 atom stereocenters. The Labute approximate surface area is 191 Å². The Bertz CT molecular complexity index is 1130. The van der Waals surface area contributed by atoms with E-state index in [0.29, 0.717) is 30.8 Å².